The Labute approximate surface area is 104 Å². The van der Waals surface area contributed by atoms with Crippen LogP contribution >= 0.6 is 0 Å². The second-order valence-corrected chi connectivity index (χ2v) is 7.86. The Morgan fingerprint density at radius 2 is 1.82 bits per heavy atom. The Bertz CT molecular complexity index is 449. The number of unbranched alkanes of at least 4 members (excludes halogenated alkanes) is 1. The number of aryl methyl sites for hydroxylation is 1. The summed E-state index contributed by atoms with van der Waals surface area (Å²) in [5.74, 6) is 2.19. The molecule has 1 heterocycles. The molecule has 0 atom stereocenters. The number of furan rings is 1. The lowest BCUT2D eigenvalue weighted by Gasteiger charge is -2.14. The quantitative estimate of drug-likeness (QED) is 0.763. The summed E-state index contributed by atoms with van der Waals surface area (Å²) in [6.07, 6.45) is 3.64. The molecule has 0 unspecified atom stereocenters. The van der Waals surface area contributed by atoms with Gasteiger partial charge in [0.05, 0.1) is 0 Å². The van der Waals surface area contributed by atoms with Crippen LogP contribution in [0.3, 0.4) is 0 Å². The predicted molar refractivity (Wildman–Crippen MR) is 70.1 cm³/mol. The average Bonchev–Trinajstić information content (AvgIpc) is 2.58. The van der Waals surface area contributed by atoms with Crippen LogP contribution in [0.5, 0.6) is 0 Å². The highest BCUT2D eigenvalue weighted by atomic mass is 32.2. The van der Waals surface area contributed by atoms with Crippen LogP contribution < -0.4 is 0 Å². The fraction of sp³-hybridized carbons (Fsp3) is 0.692. The van der Waals surface area contributed by atoms with Gasteiger partial charge < -0.3 is 4.42 Å². The second-order valence-electron chi connectivity index (χ2n) is 5.60. The first-order chi connectivity index (χ1) is 7.68. The van der Waals surface area contributed by atoms with E-state index in [0.717, 1.165) is 24.4 Å². The van der Waals surface area contributed by atoms with Crippen molar-refractivity contribution in [2.45, 2.75) is 45.4 Å². The summed E-state index contributed by atoms with van der Waals surface area (Å²) in [7, 11) is -2.83. The van der Waals surface area contributed by atoms with Crippen molar-refractivity contribution < 1.29 is 12.8 Å². The largest absolute Gasteiger partial charge is 0.466 e. The van der Waals surface area contributed by atoms with Gasteiger partial charge in [-0.2, -0.15) is 0 Å². The van der Waals surface area contributed by atoms with Crippen molar-refractivity contribution in [2.24, 2.45) is 0 Å². The molecule has 1 rings (SSSR count). The molecule has 0 N–H and O–H groups in total. The number of hydrogen-bond acceptors (Lipinski definition) is 3. The first-order valence-electron chi connectivity index (χ1n) is 5.95. The topological polar surface area (TPSA) is 47.3 Å². The Morgan fingerprint density at radius 1 is 1.18 bits per heavy atom. The van der Waals surface area contributed by atoms with Crippen molar-refractivity contribution in [3.63, 3.8) is 0 Å². The van der Waals surface area contributed by atoms with Crippen LogP contribution in [-0.4, -0.2) is 20.4 Å². The number of sulfone groups is 1. The van der Waals surface area contributed by atoms with E-state index in [-0.39, 0.29) is 11.2 Å². The van der Waals surface area contributed by atoms with E-state index in [4.69, 9.17) is 4.42 Å². The molecule has 98 valence electrons. The lowest BCUT2D eigenvalue weighted by Crippen LogP contribution is -2.09. The van der Waals surface area contributed by atoms with Gasteiger partial charge in [-0.15, -0.1) is 0 Å². The van der Waals surface area contributed by atoms with Crippen LogP contribution in [0.25, 0.3) is 0 Å². The minimum Gasteiger partial charge on any atom is -0.466 e. The zero-order chi connectivity index (χ0) is 13.1. The third-order valence-electron chi connectivity index (χ3n) is 2.59. The van der Waals surface area contributed by atoms with Crippen molar-refractivity contribution in [3.05, 3.63) is 23.7 Å². The van der Waals surface area contributed by atoms with Crippen molar-refractivity contribution >= 4 is 9.84 Å². The van der Waals surface area contributed by atoms with E-state index in [9.17, 15) is 8.42 Å². The molecule has 0 saturated heterocycles. The smallest absolute Gasteiger partial charge is 0.147 e. The van der Waals surface area contributed by atoms with Gasteiger partial charge in [0.1, 0.15) is 21.4 Å². The van der Waals surface area contributed by atoms with Crippen LogP contribution in [0.2, 0.25) is 0 Å². The van der Waals surface area contributed by atoms with E-state index in [0.29, 0.717) is 6.42 Å². The highest BCUT2D eigenvalue weighted by Gasteiger charge is 2.17. The molecule has 17 heavy (non-hydrogen) atoms. The highest BCUT2D eigenvalue weighted by Crippen LogP contribution is 2.24. The molecule has 0 amide bonds. The zero-order valence-corrected chi connectivity index (χ0v) is 11.9. The molecule has 1 aromatic heterocycles. The van der Waals surface area contributed by atoms with Gasteiger partial charge in [-0.05, 0) is 25.0 Å². The summed E-state index contributed by atoms with van der Waals surface area (Å²) < 4.78 is 27.6. The maximum atomic E-state index is 11.0. The minimum atomic E-state index is -2.83. The molecule has 0 radical (unpaired) electrons. The monoisotopic (exact) mass is 258 g/mol. The first-order valence-corrected chi connectivity index (χ1v) is 8.01. The molecular formula is C13H22O3S. The Morgan fingerprint density at radius 3 is 2.29 bits per heavy atom. The van der Waals surface area contributed by atoms with E-state index in [1.165, 1.54) is 6.26 Å². The van der Waals surface area contributed by atoms with Crippen LogP contribution in [0.1, 0.15) is 45.1 Å². The molecular weight excluding hydrogens is 236 g/mol. The zero-order valence-electron chi connectivity index (χ0n) is 11.1. The van der Waals surface area contributed by atoms with Gasteiger partial charge in [-0.3, -0.25) is 0 Å². The van der Waals surface area contributed by atoms with E-state index in [1.54, 1.807) is 0 Å². The summed E-state index contributed by atoms with van der Waals surface area (Å²) in [6, 6.07) is 3.99. The summed E-state index contributed by atoms with van der Waals surface area (Å²) in [5.41, 5.74) is 0.0327. The van der Waals surface area contributed by atoms with E-state index in [2.05, 4.69) is 20.8 Å². The van der Waals surface area contributed by atoms with E-state index < -0.39 is 9.84 Å². The van der Waals surface area contributed by atoms with Crippen molar-refractivity contribution in [3.8, 4) is 0 Å². The molecule has 1 aromatic rings. The summed E-state index contributed by atoms with van der Waals surface area (Å²) in [6.45, 7) is 6.33. The van der Waals surface area contributed by atoms with Crippen molar-refractivity contribution in [2.75, 3.05) is 12.0 Å². The van der Waals surface area contributed by atoms with E-state index in [1.807, 2.05) is 12.1 Å². The minimum absolute atomic E-state index is 0.0327. The molecule has 4 heteroatoms. The Balaban J connectivity index is 2.41. The molecule has 0 aromatic carbocycles. The molecule has 0 fully saturated rings. The van der Waals surface area contributed by atoms with Gasteiger partial charge in [-0.1, -0.05) is 20.8 Å². The molecule has 0 spiro atoms. The molecule has 0 aliphatic heterocycles. The summed E-state index contributed by atoms with van der Waals surface area (Å²) in [4.78, 5) is 0. The highest BCUT2D eigenvalue weighted by molar-refractivity contribution is 7.90. The maximum absolute atomic E-state index is 11.0. The van der Waals surface area contributed by atoms with Crippen molar-refractivity contribution in [1.29, 1.82) is 0 Å². The van der Waals surface area contributed by atoms with Gasteiger partial charge in [-0.25, -0.2) is 8.42 Å². The fourth-order valence-corrected chi connectivity index (χ4v) is 2.31. The summed E-state index contributed by atoms with van der Waals surface area (Å²) >= 11 is 0. The van der Waals surface area contributed by atoms with Gasteiger partial charge in [0.2, 0.25) is 0 Å². The maximum Gasteiger partial charge on any atom is 0.147 e. The fourth-order valence-electron chi connectivity index (χ4n) is 1.58. The molecule has 0 aliphatic rings. The van der Waals surface area contributed by atoms with E-state index >= 15 is 0 Å². The standard InChI is InChI=1S/C13H22O3S/c1-13(2,3)12-9-8-11(16-12)7-5-6-10-17(4,14)15/h8-9H,5-7,10H2,1-4H3. The third-order valence-corrected chi connectivity index (χ3v) is 3.62. The van der Waals surface area contributed by atoms with Gasteiger partial charge in [0.25, 0.3) is 0 Å². The molecule has 3 nitrogen and oxygen atoms in total. The molecule has 0 aliphatic carbocycles. The van der Waals surface area contributed by atoms with Gasteiger partial charge in [0, 0.05) is 23.8 Å². The summed E-state index contributed by atoms with van der Waals surface area (Å²) in [5, 5.41) is 0. The average molecular weight is 258 g/mol. The Kier molecular flexibility index (Phi) is 4.42. The molecule has 0 bridgehead atoms. The lowest BCUT2D eigenvalue weighted by molar-refractivity contribution is 0.384. The van der Waals surface area contributed by atoms with Gasteiger partial charge >= 0.3 is 0 Å². The van der Waals surface area contributed by atoms with Crippen molar-refractivity contribution in [1.82, 2.24) is 0 Å². The second kappa shape index (κ2) is 5.25. The van der Waals surface area contributed by atoms with Crippen LogP contribution in [0.15, 0.2) is 16.5 Å². The number of hydrogen-bond donors (Lipinski definition) is 0. The van der Waals surface area contributed by atoms with Crippen LogP contribution in [0.4, 0.5) is 0 Å². The number of rotatable bonds is 5. The first kappa shape index (κ1) is 14.3. The van der Waals surface area contributed by atoms with Crippen LogP contribution in [0, 0.1) is 0 Å². The predicted octanol–water partition coefficient (Wildman–Crippen LogP) is 2.94. The Hall–Kier alpha value is -0.770. The SMILES string of the molecule is CC(C)(C)c1ccc(CCCCS(C)(=O)=O)o1. The lowest BCUT2D eigenvalue weighted by atomic mass is 9.94. The third kappa shape index (κ3) is 5.39. The van der Waals surface area contributed by atoms with Gasteiger partial charge in [0.15, 0.2) is 0 Å². The molecule has 0 saturated carbocycles. The van der Waals surface area contributed by atoms with Crippen LogP contribution in [-0.2, 0) is 21.7 Å². The normalized spacial score (nSPS) is 12.9.